The molecule has 0 unspecified atom stereocenters. The van der Waals surface area contributed by atoms with Gasteiger partial charge in [-0.1, -0.05) is 12.2 Å². The minimum Gasteiger partial charge on any atom is -0.507 e. The van der Waals surface area contributed by atoms with Gasteiger partial charge in [0.25, 0.3) is 0 Å². The van der Waals surface area contributed by atoms with Crippen molar-refractivity contribution in [3.8, 4) is 11.5 Å². The van der Waals surface area contributed by atoms with Crippen molar-refractivity contribution in [3.63, 3.8) is 0 Å². The van der Waals surface area contributed by atoms with Crippen LogP contribution < -0.4 is 4.74 Å². The number of rotatable bonds is 3. The van der Waals surface area contributed by atoms with E-state index in [9.17, 15) is 9.90 Å². The predicted octanol–water partition coefficient (Wildman–Crippen LogP) is 3.12. The molecule has 0 atom stereocenters. The normalized spacial score (nSPS) is 11.6. The lowest BCUT2D eigenvalue weighted by Gasteiger charge is -2.13. The Morgan fingerprint density at radius 1 is 1.05 bits per heavy atom. The Kier molecular flexibility index (Phi) is 2.60. The number of hydrogen-bond donors (Lipinski definition) is 1. The van der Waals surface area contributed by atoms with E-state index in [1.54, 1.807) is 43.5 Å². The van der Waals surface area contributed by atoms with Crippen LogP contribution in [0.2, 0.25) is 0 Å². The molecule has 2 aromatic carbocycles. The zero-order chi connectivity index (χ0) is 13.4. The molecule has 2 aromatic rings. The molecule has 94 valence electrons. The van der Waals surface area contributed by atoms with Crippen molar-refractivity contribution in [2.75, 3.05) is 7.11 Å². The molecular formula is C16H12O3. The highest BCUT2D eigenvalue weighted by atomic mass is 16.5. The number of fused-ring (bicyclic) bond motifs is 1. The molecule has 1 aliphatic rings. The minimum absolute atomic E-state index is 0.0175. The number of aromatic hydroxyl groups is 1. The largest absolute Gasteiger partial charge is 0.507 e. The molecule has 0 bridgehead atoms. The van der Waals surface area contributed by atoms with E-state index in [0.29, 0.717) is 16.9 Å². The first-order valence-corrected chi connectivity index (χ1v) is 5.93. The van der Waals surface area contributed by atoms with Gasteiger partial charge in [-0.3, -0.25) is 4.79 Å². The van der Waals surface area contributed by atoms with Gasteiger partial charge in [0.2, 0.25) is 0 Å². The fraction of sp³-hybridized carbons (Fsp3) is 0.0625. The van der Waals surface area contributed by atoms with E-state index in [2.05, 4.69) is 0 Å². The molecule has 1 N–H and O–H groups in total. The summed E-state index contributed by atoms with van der Waals surface area (Å²) in [5.74, 6) is 0.521. The molecule has 0 aromatic heterocycles. The second kappa shape index (κ2) is 4.28. The Morgan fingerprint density at radius 3 is 2.26 bits per heavy atom. The average Bonchev–Trinajstić information content (AvgIpc) is 2.42. The number of methoxy groups -OCH3 is 1. The summed E-state index contributed by atoms with van der Waals surface area (Å²) in [6, 6.07) is 10.2. The lowest BCUT2D eigenvalue weighted by molar-refractivity contribution is 0.103. The van der Waals surface area contributed by atoms with Crippen LogP contribution in [0.25, 0.3) is 12.2 Å². The zero-order valence-electron chi connectivity index (χ0n) is 10.4. The standard InChI is InChI=1S/C16H12O3/c1-19-13-6-4-10(5-7-13)16(18)14-8-11-2-3-12(11)9-15(14)17/h2-9,17H,1H3. The molecule has 19 heavy (non-hydrogen) atoms. The number of carbonyl (C=O) groups excluding carboxylic acids is 1. The molecule has 3 rings (SSSR count). The van der Waals surface area contributed by atoms with Crippen molar-refractivity contribution in [3.05, 3.63) is 58.7 Å². The summed E-state index contributed by atoms with van der Waals surface area (Å²) < 4.78 is 5.05. The summed E-state index contributed by atoms with van der Waals surface area (Å²) in [7, 11) is 1.58. The van der Waals surface area contributed by atoms with Crippen molar-refractivity contribution >= 4 is 17.9 Å². The number of ketones is 1. The van der Waals surface area contributed by atoms with Crippen LogP contribution in [0.4, 0.5) is 0 Å². The van der Waals surface area contributed by atoms with E-state index in [1.165, 1.54) is 0 Å². The summed E-state index contributed by atoms with van der Waals surface area (Å²) in [6.45, 7) is 0. The highest BCUT2D eigenvalue weighted by Crippen LogP contribution is 2.32. The second-order valence-electron chi connectivity index (χ2n) is 4.39. The molecule has 3 nitrogen and oxygen atoms in total. The van der Waals surface area contributed by atoms with Crippen LogP contribution >= 0.6 is 0 Å². The SMILES string of the molecule is COc1ccc(C(=O)c2cc3c(cc2O)C=C3)cc1. The molecular weight excluding hydrogens is 240 g/mol. The van der Waals surface area contributed by atoms with Crippen molar-refractivity contribution in [2.45, 2.75) is 0 Å². The number of benzene rings is 2. The Bertz CT molecular complexity index is 682. The van der Waals surface area contributed by atoms with E-state index in [0.717, 1.165) is 11.1 Å². The second-order valence-corrected chi connectivity index (χ2v) is 4.39. The van der Waals surface area contributed by atoms with Crippen LogP contribution in [0.5, 0.6) is 11.5 Å². The lowest BCUT2D eigenvalue weighted by atomic mass is 9.92. The first-order valence-electron chi connectivity index (χ1n) is 5.93. The van der Waals surface area contributed by atoms with Crippen molar-refractivity contribution in [1.29, 1.82) is 0 Å². The summed E-state index contributed by atoms with van der Waals surface area (Å²) in [5, 5.41) is 9.90. The molecule has 0 fully saturated rings. The van der Waals surface area contributed by atoms with Gasteiger partial charge in [-0.05, 0) is 47.5 Å². The van der Waals surface area contributed by atoms with Crippen LogP contribution in [0.15, 0.2) is 36.4 Å². The maximum atomic E-state index is 12.3. The van der Waals surface area contributed by atoms with Crippen LogP contribution in [0.1, 0.15) is 27.0 Å². The Balaban J connectivity index is 1.97. The number of ether oxygens (including phenoxy) is 1. The maximum Gasteiger partial charge on any atom is 0.196 e. The first kappa shape index (κ1) is 11.5. The maximum absolute atomic E-state index is 12.3. The number of carbonyl (C=O) groups is 1. The zero-order valence-corrected chi connectivity index (χ0v) is 10.4. The highest BCUT2D eigenvalue weighted by Gasteiger charge is 2.17. The molecule has 0 aliphatic heterocycles. The van der Waals surface area contributed by atoms with Gasteiger partial charge >= 0.3 is 0 Å². The average molecular weight is 252 g/mol. The predicted molar refractivity (Wildman–Crippen MR) is 73.5 cm³/mol. The Hall–Kier alpha value is -2.55. The van der Waals surface area contributed by atoms with Gasteiger partial charge in [0.1, 0.15) is 11.5 Å². The van der Waals surface area contributed by atoms with Crippen LogP contribution in [-0.4, -0.2) is 18.0 Å². The van der Waals surface area contributed by atoms with Gasteiger partial charge in [0.05, 0.1) is 12.7 Å². The molecule has 1 aliphatic carbocycles. The smallest absolute Gasteiger partial charge is 0.196 e. The summed E-state index contributed by atoms with van der Waals surface area (Å²) in [6.07, 6.45) is 3.82. The topological polar surface area (TPSA) is 46.5 Å². The van der Waals surface area contributed by atoms with Crippen LogP contribution in [0, 0.1) is 0 Å². The highest BCUT2D eigenvalue weighted by molar-refractivity contribution is 6.11. The lowest BCUT2D eigenvalue weighted by Crippen LogP contribution is -2.04. The number of hydrogen-bond acceptors (Lipinski definition) is 3. The van der Waals surface area contributed by atoms with Crippen molar-refractivity contribution in [2.24, 2.45) is 0 Å². The quantitative estimate of drug-likeness (QED) is 0.728. The van der Waals surface area contributed by atoms with Gasteiger partial charge in [-0.25, -0.2) is 0 Å². The van der Waals surface area contributed by atoms with Gasteiger partial charge in [-0.2, -0.15) is 0 Å². The molecule has 0 radical (unpaired) electrons. The molecule has 0 spiro atoms. The van der Waals surface area contributed by atoms with E-state index in [-0.39, 0.29) is 11.5 Å². The Labute approximate surface area is 110 Å². The molecule has 0 saturated heterocycles. The summed E-state index contributed by atoms with van der Waals surface area (Å²) in [5.41, 5.74) is 2.80. The first-order chi connectivity index (χ1) is 9.19. The molecule has 0 heterocycles. The number of phenolic OH excluding ortho intramolecular Hbond substituents is 1. The van der Waals surface area contributed by atoms with Gasteiger partial charge in [-0.15, -0.1) is 0 Å². The van der Waals surface area contributed by atoms with E-state index < -0.39 is 0 Å². The third-order valence-electron chi connectivity index (χ3n) is 3.24. The molecule has 0 amide bonds. The Morgan fingerprint density at radius 2 is 1.68 bits per heavy atom. The van der Waals surface area contributed by atoms with E-state index in [1.807, 2.05) is 12.2 Å². The van der Waals surface area contributed by atoms with Crippen LogP contribution in [0.3, 0.4) is 0 Å². The van der Waals surface area contributed by atoms with E-state index >= 15 is 0 Å². The number of phenols is 1. The fourth-order valence-corrected chi connectivity index (χ4v) is 2.07. The van der Waals surface area contributed by atoms with Gasteiger partial charge in [0.15, 0.2) is 5.78 Å². The van der Waals surface area contributed by atoms with Gasteiger partial charge < -0.3 is 9.84 Å². The summed E-state index contributed by atoms with van der Waals surface area (Å²) in [4.78, 5) is 12.3. The fourth-order valence-electron chi connectivity index (χ4n) is 2.07. The third-order valence-corrected chi connectivity index (χ3v) is 3.24. The van der Waals surface area contributed by atoms with Crippen LogP contribution in [-0.2, 0) is 0 Å². The molecule has 3 heteroatoms. The molecule has 0 saturated carbocycles. The monoisotopic (exact) mass is 252 g/mol. The summed E-state index contributed by atoms with van der Waals surface area (Å²) >= 11 is 0. The van der Waals surface area contributed by atoms with Gasteiger partial charge in [0, 0.05) is 5.56 Å². The minimum atomic E-state index is -0.191. The van der Waals surface area contributed by atoms with Crippen molar-refractivity contribution in [1.82, 2.24) is 0 Å². The third kappa shape index (κ3) is 1.89. The van der Waals surface area contributed by atoms with E-state index in [4.69, 9.17) is 4.74 Å². The van der Waals surface area contributed by atoms with Crippen molar-refractivity contribution < 1.29 is 14.6 Å².